The van der Waals surface area contributed by atoms with Crippen LogP contribution in [0.4, 0.5) is 11.5 Å². The minimum atomic E-state index is -0.403. The SMILES string of the molecule is C[C@@H](Oc1ccc2[nH]nc(-c3ccc(N4CCN(C(=O)C5CCN(C(=O)CN6CCC(c7ccc(NC8CCC(=O)NC8=O)cc7)CC6)CC5)CC4)nc3)c2c1)c1c(Cl)cncc1Cl. The Kier molecular flexibility index (Phi) is 13.0. The van der Waals surface area contributed by atoms with Gasteiger partial charge in [-0.15, -0.1) is 0 Å². The second kappa shape index (κ2) is 19.1. The molecular formula is C47H52Cl2N10O5. The highest BCUT2D eigenvalue weighted by atomic mass is 35.5. The quantitative estimate of drug-likeness (QED) is 0.125. The molecule has 2 atom stereocenters. The van der Waals surface area contributed by atoms with Gasteiger partial charge in [-0.3, -0.25) is 39.5 Å². The summed E-state index contributed by atoms with van der Waals surface area (Å²) in [7, 11) is 0. The molecule has 5 aromatic rings. The molecule has 2 aromatic carbocycles. The summed E-state index contributed by atoms with van der Waals surface area (Å²) in [6, 6.07) is 17.6. The molecule has 9 rings (SSSR count). The van der Waals surface area contributed by atoms with Gasteiger partial charge in [-0.1, -0.05) is 35.3 Å². The first kappa shape index (κ1) is 43.5. The Hall–Kier alpha value is -5.77. The van der Waals surface area contributed by atoms with E-state index in [1.54, 1.807) is 12.4 Å². The molecule has 64 heavy (non-hydrogen) atoms. The van der Waals surface area contributed by atoms with Crippen molar-refractivity contribution in [3.05, 3.63) is 94.4 Å². The zero-order chi connectivity index (χ0) is 44.3. The number of carbonyl (C=O) groups is 4. The third-order valence-electron chi connectivity index (χ3n) is 13.2. The van der Waals surface area contributed by atoms with Gasteiger partial charge >= 0.3 is 0 Å². The predicted octanol–water partition coefficient (Wildman–Crippen LogP) is 6.45. The van der Waals surface area contributed by atoms with Crippen molar-refractivity contribution in [3.63, 3.8) is 0 Å². The van der Waals surface area contributed by atoms with E-state index < -0.39 is 12.1 Å². The number of rotatable bonds is 11. The maximum absolute atomic E-state index is 13.7. The zero-order valence-corrected chi connectivity index (χ0v) is 37.3. The van der Waals surface area contributed by atoms with Crippen LogP contribution < -0.4 is 20.3 Å². The highest BCUT2D eigenvalue weighted by Crippen LogP contribution is 2.36. The number of carbonyl (C=O) groups excluding carboxylic acids is 4. The monoisotopic (exact) mass is 906 g/mol. The molecular weight excluding hydrogens is 855 g/mol. The lowest BCUT2D eigenvalue weighted by molar-refractivity contribution is -0.141. The van der Waals surface area contributed by atoms with E-state index in [4.69, 9.17) is 32.9 Å². The Balaban J connectivity index is 0.701. The van der Waals surface area contributed by atoms with Crippen molar-refractivity contribution in [2.75, 3.05) is 69.1 Å². The number of aromatic amines is 1. The van der Waals surface area contributed by atoms with Crippen LogP contribution >= 0.6 is 23.2 Å². The van der Waals surface area contributed by atoms with Crippen LogP contribution in [-0.4, -0.2) is 123 Å². The average molecular weight is 908 g/mol. The van der Waals surface area contributed by atoms with Crippen molar-refractivity contribution < 1.29 is 23.9 Å². The van der Waals surface area contributed by atoms with E-state index in [0.717, 1.165) is 59.6 Å². The van der Waals surface area contributed by atoms with Crippen molar-refractivity contribution in [1.82, 2.24) is 40.2 Å². The van der Waals surface area contributed by atoms with E-state index in [1.807, 2.05) is 65.4 Å². The first-order valence-corrected chi connectivity index (χ1v) is 23.0. The number of H-pyrrole nitrogens is 1. The van der Waals surface area contributed by atoms with Crippen molar-refractivity contribution in [1.29, 1.82) is 0 Å². The summed E-state index contributed by atoms with van der Waals surface area (Å²) in [5, 5.41) is 15.1. The average Bonchev–Trinajstić information content (AvgIpc) is 3.74. The fourth-order valence-corrected chi connectivity index (χ4v) is 10.1. The summed E-state index contributed by atoms with van der Waals surface area (Å²) >= 11 is 12.7. The van der Waals surface area contributed by atoms with Crippen molar-refractivity contribution in [2.45, 2.75) is 63.5 Å². The second-order valence-electron chi connectivity index (χ2n) is 17.2. The number of nitrogens with one attached hydrogen (secondary N) is 3. The number of hydrogen-bond acceptors (Lipinski definition) is 11. The van der Waals surface area contributed by atoms with E-state index >= 15 is 0 Å². The summed E-state index contributed by atoms with van der Waals surface area (Å²) in [4.78, 5) is 67.8. The highest BCUT2D eigenvalue weighted by Gasteiger charge is 2.33. The second-order valence-corrected chi connectivity index (χ2v) is 18.1. The molecule has 4 aliphatic rings. The van der Waals surface area contributed by atoms with Crippen LogP contribution in [0, 0.1) is 5.92 Å². The molecule has 15 nitrogen and oxygen atoms in total. The van der Waals surface area contributed by atoms with Crippen LogP contribution in [0.2, 0.25) is 10.0 Å². The minimum absolute atomic E-state index is 0.0709. The molecule has 3 N–H and O–H groups in total. The molecule has 4 amide bonds. The lowest BCUT2D eigenvalue weighted by Gasteiger charge is -2.39. The Morgan fingerprint density at radius 1 is 0.844 bits per heavy atom. The number of nitrogens with zero attached hydrogens (tertiary/aromatic N) is 7. The Labute approximate surface area is 381 Å². The maximum Gasteiger partial charge on any atom is 0.249 e. The zero-order valence-electron chi connectivity index (χ0n) is 35.8. The van der Waals surface area contributed by atoms with Crippen LogP contribution in [0.3, 0.4) is 0 Å². The third kappa shape index (κ3) is 9.66. The van der Waals surface area contributed by atoms with Gasteiger partial charge < -0.3 is 24.8 Å². The van der Waals surface area contributed by atoms with Crippen LogP contribution in [0.5, 0.6) is 5.75 Å². The molecule has 334 valence electrons. The standard InChI is InChI=1S/C47H52Cl2N10O5/c1-29(44-37(48)26-50-27-38(44)49)64-35-7-8-39-36(24-35)45(55-54-39)33-4-10-41(51-25-33)57-20-22-59(23-21-57)47(63)32-14-18-58(19-15-32)43(61)28-56-16-12-31(13-17-56)30-2-5-34(6-3-30)52-40-9-11-42(60)53-46(40)62/h2-8,10,24-27,29,31-32,40,52H,9,11-23,28H2,1H3,(H,54,55)(H,53,60,62)/t29-,40?/m1/s1. The number of amides is 4. The molecule has 0 radical (unpaired) electrons. The highest BCUT2D eigenvalue weighted by molar-refractivity contribution is 6.35. The maximum atomic E-state index is 13.7. The van der Waals surface area contributed by atoms with Gasteiger partial charge in [0.15, 0.2) is 0 Å². The number of piperazine rings is 1. The van der Waals surface area contributed by atoms with E-state index in [1.165, 1.54) is 5.56 Å². The number of halogens is 2. The predicted molar refractivity (Wildman–Crippen MR) is 245 cm³/mol. The van der Waals surface area contributed by atoms with Gasteiger partial charge in [0.25, 0.3) is 0 Å². The number of anilines is 2. The smallest absolute Gasteiger partial charge is 0.249 e. The first-order valence-electron chi connectivity index (χ1n) is 22.2. The normalized spacial score (nSPS) is 19.7. The Morgan fingerprint density at radius 2 is 1.58 bits per heavy atom. The molecule has 0 aliphatic carbocycles. The van der Waals surface area contributed by atoms with Gasteiger partial charge in [0.1, 0.15) is 29.4 Å². The van der Waals surface area contributed by atoms with E-state index in [2.05, 4.69) is 47.7 Å². The number of pyridine rings is 2. The molecule has 4 aliphatic heterocycles. The number of piperidine rings is 3. The van der Waals surface area contributed by atoms with E-state index in [9.17, 15) is 19.2 Å². The van der Waals surface area contributed by atoms with Gasteiger partial charge in [-0.25, -0.2) is 4.98 Å². The van der Waals surface area contributed by atoms with Gasteiger partial charge in [-0.05, 0) is 106 Å². The molecule has 0 bridgehead atoms. The summed E-state index contributed by atoms with van der Waals surface area (Å²) in [5.41, 5.74) is 5.29. The Bertz CT molecular complexity index is 2480. The Morgan fingerprint density at radius 3 is 2.27 bits per heavy atom. The number of benzene rings is 2. The minimum Gasteiger partial charge on any atom is -0.486 e. The number of ether oxygens (including phenoxy) is 1. The molecule has 4 fully saturated rings. The van der Waals surface area contributed by atoms with E-state index in [-0.39, 0.29) is 29.5 Å². The summed E-state index contributed by atoms with van der Waals surface area (Å²) in [5.74, 6) is 1.67. The lowest BCUT2D eigenvalue weighted by atomic mass is 9.89. The third-order valence-corrected chi connectivity index (χ3v) is 13.8. The van der Waals surface area contributed by atoms with Crippen LogP contribution in [0.25, 0.3) is 22.2 Å². The van der Waals surface area contributed by atoms with Crippen LogP contribution in [0.15, 0.2) is 73.2 Å². The molecule has 3 aromatic heterocycles. The number of likely N-dealkylation sites (tertiary alicyclic amines) is 2. The molecule has 4 saturated heterocycles. The number of aromatic nitrogens is 4. The van der Waals surface area contributed by atoms with Crippen molar-refractivity contribution >= 4 is 69.2 Å². The topological polar surface area (TPSA) is 169 Å². The van der Waals surface area contributed by atoms with Gasteiger partial charge in [0.05, 0.1) is 22.1 Å². The molecule has 0 spiro atoms. The van der Waals surface area contributed by atoms with Gasteiger partial charge in [0.2, 0.25) is 23.6 Å². The van der Waals surface area contributed by atoms with Gasteiger partial charge in [-0.2, -0.15) is 5.10 Å². The fraction of sp³-hybridized carbons (Fsp3) is 0.426. The first-order chi connectivity index (χ1) is 31.1. The number of fused-ring (bicyclic) bond motifs is 1. The summed E-state index contributed by atoms with van der Waals surface area (Å²) in [6.45, 7) is 7.85. The van der Waals surface area contributed by atoms with Crippen molar-refractivity contribution in [3.8, 4) is 17.0 Å². The van der Waals surface area contributed by atoms with Gasteiger partial charge in [0, 0.05) is 92.4 Å². The van der Waals surface area contributed by atoms with Crippen LogP contribution in [0.1, 0.15) is 68.6 Å². The number of hydrogen-bond donors (Lipinski definition) is 3. The van der Waals surface area contributed by atoms with Crippen LogP contribution in [-0.2, 0) is 19.2 Å². The summed E-state index contributed by atoms with van der Waals surface area (Å²) < 4.78 is 6.25. The molecule has 17 heteroatoms. The lowest BCUT2D eigenvalue weighted by Crippen LogP contribution is -2.52. The fourth-order valence-electron chi connectivity index (χ4n) is 9.46. The molecule has 7 heterocycles. The molecule has 1 unspecified atom stereocenters. The van der Waals surface area contributed by atoms with Crippen molar-refractivity contribution in [2.24, 2.45) is 5.92 Å². The largest absolute Gasteiger partial charge is 0.486 e. The summed E-state index contributed by atoms with van der Waals surface area (Å²) in [6.07, 6.45) is 8.69. The van der Waals surface area contributed by atoms with E-state index in [0.29, 0.717) is 98.8 Å². The number of imide groups is 1. The molecule has 0 saturated carbocycles.